The molecule has 0 spiro atoms. The standard InChI is InChI=1S/C16H15BrClFO/c1-9-6-12(19)7-10(2)15(9)16(17)13-5-4-11(18)8-14(13)20-3/h4-8,16H,1-3H3. The Morgan fingerprint density at radius 1 is 1.15 bits per heavy atom. The maximum atomic E-state index is 13.4. The molecular weight excluding hydrogens is 343 g/mol. The Kier molecular flexibility index (Phi) is 4.71. The van der Waals surface area contributed by atoms with Crippen LogP contribution in [0, 0.1) is 19.7 Å². The SMILES string of the molecule is COc1cc(Cl)ccc1C(Br)c1c(C)cc(F)cc1C. The van der Waals surface area contributed by atoms with E-state index in [0.29, 0.717) is 10.8 Å². The average molecular weight is 358 g/mol. The van der Waals surface area contributed by atoms with E-state index in [1.165, 1.54) is 0 Å². The zero-order valence-corrected chi connectivity index (χ0v) is 13.8. The number of halogens is 3. The third kappa shape index (κ3) is 2.99. The van der Waals surface area contributed by atoms with Gasteiger partial charge in [0.2, 0.25) is 0 Å². The minimum absolute atomic E-state index is 0.0738. The topological polar surface area (TPSA) is 9.23 Å². The molecule has 0 saturated carbocycles. The molecule has 0 amide bonds. The summed E-state index contributed by atoms with van der Waals surface area (Å²) < 4.78 is 18.8. The van der Waals surface area contributed by atoms with E-state index < -0.39 is 0 Å². The molecule has 0 N–H and O–H groups in total. The third-order valence-corrected chi connectivity index (χ3v) is 4.47. The molecule has 20 heavy (non-hydrogen) atoms. The van der Waals surface area contributed by atoms with E-state index in [9.17, 15) is 4.39 Å². The minimum Gasteiger partial charge on any atom is -0.496 e. The number of alkyl halides is 1. The number of methoxy groups -OCH3 is 1. The van der Waals surface area contributed by atoms with Crippen molar-refractivity contribution in [2.24, 2.45) is 0 Å². The summed E-state index contributed by atoms with van der Waals surface area (Å²) in [7, 11) is 1.61. The zero-order chi connectivity index (χ0) is 14.9. The largest absolute Gasteiger partial charge is 0.496 e. The molecule has 1 unspecified atom stereocenters. The molecule has 0 aliphatic rings. The summed E-state index contributed by atoms with van der Waals surface area (Å²) in [5, 5.41) is 0.623. The molecule has 2 aromatic carbocycles. The summed E-state index contributed by atoms with van der Waals surface area (Å²) >= 11 is 9.68. The van der Waals surface area contributed by atoms with Gasteiger partial charge in [-0.3, -0.25) is 0 Å². The molecule has 0 radical (unpaired) electrons. The molecular formula is C16H15BrClFO. The first-order chi connectivity index (χ1) is 9.43. The van der Waals surface area contributed by atoms with Gasteiger partial charge in [0.1, 0.15) is 11.6 Å². The fourth-order valence-electron chi connectivity index (χ4n) is 2.37. The van der Waals surface area contributed by atoms with Crippen LogP contribution in [0.2, 0.25) is 5.02 Å². The average Bonchev–Trinajstić information content (AvgIpc) is 2.37. The van der Waals surface area contributed by atoms with Crippen LogP contribution in [0.15, 0.2) is 30.3 Å². The van der Waals surface area contributed by atoms with Gasteiger partial charge in [-0.05, 0) is 54.8 Å². The number of ether oxygens (including phenoxy) is 1. The molecule has 1 nitrogen and oxygen atoms in total. The Bertz CT molecular complexity index is 619. The molecule has 0 saturated heterocycles. The number of rotatable bonds is 3. The molecule has 2 rings (SSSR count). The molecule has 0 fully saturated rings. The van der Waals surface area contributed by atoms with E-state index in [0.717, 1.165) is 22.3 Å². The van der Waals surface area contributed by atoms with Crippen LogP contribution >= 0.6 is 27.5 Å². The number of aryl methyl sites for hydroxylation is 2. The lowest BCUT2D eigenvalue weighted by Gasteiger charge is -2.19. The second kappa shape index (κ2) is 6.15. The van der Waals surface area contributed by atoms with Gasteiger partial charge in [-0.25, -0.2) is 4.39 Å². The highest BCUT2D eigenvalue weighted by atomic mass is 79.9. The van der Waals surface area contributed by atoms with Gasteiger partial charge in [0.05, 0.1) is 11.9 Å². The lowest BCUT2D eigenvalue weighted by Crippen LogP contribution is -2.02. The van der Waals surface area contributed by atoms with E-state index in [4.69, 9.17) is 16.3 Å². The van der Waals surface area contributed by atoms with E-state index >= 15 is 0 Å². The molecule has 0 aliphatic carbocycles. The summed E-state index contributed by atoms with van der Waals surface area (Å²) in [5.74, 6) is 0.494. The number of hydrogen-bond donors (Lipinski definition) is 0. The Morgan fingerprint density at radius 3 is 2.30 bits per heavy atom. The van der Waals surface area contributed by atoms with Crippen LogP contribution in [0.1, 0.15) is 27.1 Å². The normalized spacial score (nSPS) is 12.3. The quantitative estimate of drug-likeness (QED) is 0.651. The fraction of sp³-hybridized carbons (Fsp3) is 0.250. The lowest BCUT2D eigenvalue weighted by molar-refractivity contribution is 0.410. The summed E-state index contributed by atoms with van der Waals surface area (Å²) in [4.78, 5) is -0.0738. The van der Waals surface area contributed by atoms with Crippen molar-refractivity contribution in [1.82, 2.24) is 0 Å². The first-order valence-electron chi connectivity index (χ1n) is 6.18. The van der Waals surface area contributed by atoms with Crippen LogP contribution in [0.4, 0.5) is 4.39 Å². The second-order valence-electron chi connectivity index (χ2n) is 4.70. The number of hydrogen-bond acceptors (Lipinski definition) is 1. The molecule has 0 heterocycles. The highest BCUT2D eigenvalue weighted by Crippen LogP contribution is 2.40. The number of benzene rings is 2. The van der Waals surface area contributed by atoms with Gasteiger partial charge in [0, 0.05) is 10.6 Å². The van der Waals surface area contributed by atoms with Crippen LogP contribution < -0.4 is 4.74 Å². The Morgan fingerprint density at radius 2 is 1.75 bits per heavy atom. The van der Waals surface area contributed by atoms with Crippen LogP contribution in [0.5, 0.6) is 5.75 Å². The van der Waals surface area contributed by atoms with Crippen LogP contribution in [0.3, 0.4) is 0 Å². The third-order valence-electron chi connectivity index (χ3n) is 3.28. The van der Waals surface area contributed by atoms with Crippen molar-refractivity contribution in [2.75, 3.05) is 7.11 Å². The van der Waals surface area contributed by atoms with Crippen LogP contribution in [-0.4, -0.2) is 7.11 Å². The predicted octanol–water partition coefficient (Wildman–Crippen LogP) is 5.59. The van der Waals surface area contributed by atoms with Gasteiger partial charge in [0.25, 0.3) is 0 Å². The van der Waals surface area contributed by atoms with E-state index in [2.05, 4.69) is 15.9 Å². The Labute approximate surface area is 131 Å². The molecule has 2 aromatic rings. The minimum atomic E-state index is -0.216. The molecule has 106 valence electrons. The van der Waals surface area contributed by atoms with Crippen molar-refractivity contribution in [3.05, 3.63) is 63.4 Å². The van der Waals surface area contributed by atoms with E-state index in [-0.39, 0.29) is 10.6 Å². The van der Waals surface area contributed by atoms with Gasteiger partial charge in [-0.2, -0.15) is 0 Å². The maximum absolute atomic E-state index is 13.4. The highest BCUT2D eigenvalue weighted by molar-refractivity contribution is 9.09. The summed E-state index contributed by atoms with van der Waals surface area (Å²) in [6.45, 7) is 3.81. The van der Waals surface area contributed by atoms with Crippen molar-refractivity contribution in [3.8, 4) is 5.75 Å². The van der Waals surface area contributed by atoms with Crippen molar-refractivity contribution in [1.29, 1.82) is 0 Å². The van der Waals surface area contributed by atoms with E-state index in [1.54, 1.807) is 25.3 Å². The van der Waals surface area contributed by atoms with E-state index in [1.807, 2.05) is 26.0 Å². The van der Waals surface area contributed by atoms with Gasteiger partial charge in [0.15, 0.2) is 0 Å². The lowest BCUT2D eigenvalue weighted by atomic mass is 9.95. The van der Waals surface area contributed by atoms with Gasteiger partial charge in [-0.1, -0.05) is 33.6 Å². The van der Waals surface area contributed by atoms with Crippen LogP contribution in [0.25, 0.3) is 0 Å². The van der Waals surface area contributed by atoms with Crippen molar-refractivity contribution in [3.63, 3.8) is 0 Å². The monoisotopic (exact) mass is 356 g/mol. The molecule has 0 aromatic heterocycles. The van der Waals surface area contributed by atoms with Crippen molar-refractivity contribution >= 4 is 27.5 Å². The molecule has 0 aliphatic heterocycles. The first-order valence-corrected chi connectivity index (χ1v) is 7.47. The zero-order valence-electron chi connectivity index (χ0n) is 11.5. The van der Waals surface area contributed by atoms with Crippen LogP contribution in [-0.2, 0) is 0 Å². The molecule has 4 heteroatoms. The Balaban J connectivity index is 2.54. The summed E-state index contributed by atoms with van der Waals surface area (Å²) in [5.41, 5.74) is 3.82. The van der Waals surface area contributed by atoms with Crippen molar-refractivity contribution < 1.29 is 9.13 Å². The fourth-order valence-corrected chi connectivity index (χ4v) is 3.63. The van der Waals surface area contributed by atoms with Gasteiger partial charge in [-0.15, -0.1) is 0 Å². The Hall–Kier alpha value is -1.06. The first kappa shape index (κ1) is 15.3. The smallest absolute Gasteiger partial charge is 0.125 e. The molecule has 0 bridgehead atoms. The predicted molar refractivity (Wildman–Crippen MR) is 84.6 cm³/mol. The van der Waals surface area contributed by atoms with Crippen molar-refractivity contribution in [2.45, 2.75) is 18.7 Å². The summed E-state index contributed by atoms with van der Waals surface area (Å²) in [6.07, 6.45) is 0. The molecule has 1 atom stereocenters. The van der Waals surface area contributed by atoms with Gasteiger partial charge >= 0.3 is 0 Å². The van der Waals surface area contributed by atoms with Gasteiger partial charge < -0.3 is 4.74 Å². The highest BCUT2D eigenvalue weighted by Gasteiger charge is 2.19. The maximum Gasteiger partial charge on any atom is 0.125 e. The second-order valence-corrected chi connectivity index (χ2v) is 6.05. The summed E-state index contributed by atoms with van der Waals surface area (Å²) in [6, 6.07) is 8.60.